The molecule has 0 atom stereocenters. The molecule has 0 unspecified atom stereocenters. The molecule has 0 aliphatic carbocycles. The first kappa shape index (κ1) is 15.2. The van der Waals surface area contributed by atoms with E-state index in [1.165, 1.54) is 49.8 Å². The van der Waals surface area contributed by atoms with E-state index in [1.54, 1.807) is 7.11 Å². The molecule has 2 rings (SSSR count). The lowest BCUT2D eigenvalue weighted by Crippen LogP contribution is -2.31. The van der Waals surface area contributed by atoms with Gasteiger partial charge in [-0.25, -0.2) is 0 Å². The number of methoxy groups -OCH3 is 1. The molecular weight excluding hydrogens is 250 g/mol. The molecule has 0 radical (unpaired) electrons. The van der Waals surface area contributed by atoms with Crippen molar-refractivity contribution in [3.63, 3.8) is 0 Å². The summed E-state index contributed by atoms with van der Waals surface area (Å²) in [5.74, 6) is 0.854. The van der Waals surface area contributed by atoms with E-state index in [0.29, 0.717) is 5.75 Å². The highest BCUT2D eigenvalue weighted by Gasteiger charge is 2.18. The smallest absolute Gasteiger partial charge is 0.160 e. The van der Waals surface area contributed by atoms with Gasteiger partial charge in [-0.2, -0.15) is 0 Å². The fraction of sp³-hybridized carbons (Fsp3) is 0.647. The van der Waals surface area contributed by atoms with Gasteiger partial charge in [-0.1, -0.05) is 32.6 Å². The van der Waals surface area contributed by atoms with Gasteiger partial charge in [0, 0.05) is 13.1 Å². The molecule has 0 saturated heterocycles. The summed E-state index contributed by atoms with van der Waals surface area (Å²) in [5.41, 5.74) is 2.57. The van der Waals surface area contributed by atoms with Crippen molar-refractivity contribution >= 4 is 0 Å². The van der Waals surface area contributed by atoms with Gasteiger partial charge in [-0.3, -0.25) is 4.90 Å². The predicted molar refractivity (Wildman–Crippen MR) is 82.4 cm³/mol. The summed E-state index contributed by atoms with van der Waals surface area (Å²) in [7, 11) is 1.60. The van der Waals surface area contributed by atoms with Crippen molar-refractivity contribution in [1.29, 1.82) is 0 Å². The molecule has 20 heavy (non-hydrogen) atoms. The summed E-state index contributed by atoms with van der Waals surface area (Å²) in [4.78, 5) is 2.50. The molecule has 1 aromatic rings. The molecule has 1 aliphatic heterocycles. The zero-order valence-corrected chi connectivity index (χ0v) is 12.8. The van der Waals surface area contributed by atoms with Crippen LogP contribution in [-0.2, 0) is 13.0 Å². The first-order chi connectivity index (χ1) is 9.74. The quantitative estimate of drug-likeness (QED) is 0.771. The van der Waals surface area contributed by atoms with Crippen LogP contribution in [0.1, 0.15) is 50.2 Å². The maximum absolute atomic E-state index is 9.88. The average molecular weight is 277 g/mol. The van der Waals surface area contributed by atoms with Crippen molar-refractivity contribution in [3.05, 3.63) is 23.3 Å². The Hall–Kier alpha value is -1.22. The number of benzene rings is 1. The van der Waals surface area contributed by atoms with E-state index in [-0.39, 0.29) is 5.75 Å². The van der Waals surface area contributed by atoms with Crippen LogP contribution in [0.5, 0.6) is 11.5 Å². The monoisotopic (exact) mass is 277 g/mol. The Bertz CT molecular complexity index is 431. The number of rotatable bonds is 7. The summed E-state index contributed by atoms with van der Waals surface area (Å²) < 4.78 is 5.18. The average Bonchev–Trinajstić information content (AvgIpc) is 2.46. The van der Waals surface area contributed by atoms with E-state index in [1.807, 2.05) is 12.1 Å². The molecule has 1 heterocycles. The van der Waals surface area contributed by atoms with Gasteiger partial charge < -0.3 is 9.84 Å². The molecule has 0 spiro atoms. The summed E-state index contributed by atoms with van der Waals surface area (Å²) >= 11 is 0. The lowest BCUT2D eigenvalue weighted by atomic mass is 9.98. The minimum Gasteiger partial charge on any atom is -0.504 e. The number of hydrogen-bond donors (Lipinski definition) is 1. The molecule has 1 aromatic carbocycles. The number of aromatic hydroxyl groups is 1. The number of hydrogen-bond acceptors (Lipinski definition) is 3. The van der Waals surface area contributed by atoms with Crippen LogP contribution in [0.25, 0.3) is 0 Å². The molecule has 1 aliphatic rings. The number of phenolic OH excluding ortho intramolecular Hbond substituents is 1. The van der Waals surface area contributed by atoms with Crippen LogP contribution in [0.2, 0.25) is 0 Å². The second-order valence-corrected chi connectivity index (χ2v) is 5.73. The molecule has 0 amide bonds. The predicted octanol–water partition coefficient (Wildman–Crippen LogP) is 3.73. The second kappa shape index (κ2) is 7.53. The zero-order chi connectivity index (χ0) is 14.4. The molecule has 0 saturated carbocycles. The molecule has 1 N–H and O–H groups in total. The van der Waals surface area contributed by atoms with Gasteiger partial charge in [0.05, 0.1) is 7.11 Å². The van der Waals surface area contributed by atoms with Crippen LogP contribution in [0, 0.1) is 0 Å². The Kier molecular flexibility index (Phi) is 5.72. The van der Waals surface area contributed by atoms with E-state index in [2.05, 4.69) is 11.8 Å². The van der Waals surface area contributed by atoms with Crippen LogP contribution in [0.15, 0.2) is 12.1 Å². The van der Waals surface area contributed by atoms with Gasteiger partial charge in [0.25, 0.3) is 0 Å². The summed E-state index contributed by atoms with van der Waals surface area (Å²) in [6.45, 7) is 5.51. The van der Waals surface area contributed by atoms with Gasteiger partial charge in [0.1, 0.15) is 0 Å². The summed E-state index contributed by atoms with van der Waals surface area (Å²) in [6.07, 6.45) is 7.71. The standard InChI is InChI=1S/C17H27NO2/c1-3-4-5-6-7-9-18-10-8-14-12-17(20-2)16(19)11-15(14)13-18/h11-12,19H,3-10,13H2,1-2H3. The van der Waals surface area contributed by atoms with Crippen LogP contribution in [0.4, 0.5) is 0 Å². The Morgan fingerprint density at radius 2 is 1.95 bits per heavy atom. The van der Waals surface area contributed by atoms with Crippen LogP contribution < -0.4 is 4.74 Å². The first-order valence-corrected chi connectivity index (χ1v) is 7.85. The Labute approximate surface area is 122 Å². The fourth-order valence-corrected chi connectivity index (χ4v) is 2.93. The van der Waals surface area contributed by atoms with Crippen molar-refractivity contribution in [2.45, 2.75) is 52.0 Å². The van der Waals surface area contributed by atoms with E-state index in [4.69, 9.17) is 4.74 Å². The SMILES string of the molecule is CCCCCCCN1CCc2cc(OC)c(O)cc2C1. The van der Waals surface area contributed by atoms with Crippen molar-refractivity contribution < 1.29 is 9.84 Å². The van der Waals surface area contributed by atoms with Crippen molar-refractivity contribution in [2.24, 2.45) is 0 Å². The fourth-order valence-electron chi connectivity index (χ4n) is 2.93. The number of fused-ring (bicyclic) bond motifs is 1. The highest BCUT2D eigenvalue weighted by Crippen LogP contribution is 2.32. The minimum atomic E-state index is 0.260. The molecule has 0 fully saturated rings. The number of nitrogens with zero attached hydrogens (tertiary/aromatic N) is 1. The second-order valence-electron chi connectivity index (χ2n) is 5.73. The maximum Gasteiger partial charge on any atom is 0.160 e. The molecular formula is C17H27NO2. The normalized spacial score (nSPS) is 15.1. The largest absolute Gasteiger partial charge is 0.504 e. The van der Waals surface area contributed by atoms with Crippen LogP contribution in [-0.4, -0.2) is 30.2 Å². The van der Waals surface area contributed by atoms with Gasteiger partial charge in [0.15, 0.2) is 11.5 Å². The highest BCUT2D eigenvalue weighted by atomic mass is 16.5. The third kappa shape index (κ3) is 3.89. The van der Waals surface area contributed by atoms with E-state index in [9.17, 15) is 5.11 Å². The number of phenols is 1. The van der Waals surface area contributed by atoms with E-state index < -0.39 is 0 Å². The highest BCUT2D eigenvalue weighted by molar-refractivity contribution is 5.47. The van der Waals surface area contributed by atoms with Crippen molar-refractivity contribution in [1.82, 2.24) is 4.90 Å². The van der Waals surface area contributed by atoms with E-state index in [0.717, 1.165) is 19.5 Å². The van der Waals surface area contributed by atoms with Gasteiger partial charge in [0.2, 0.25) is 0 Å². The van der Waals surface area contributed by atoms with Crippen LogP contribution in [0.3, 0.4) is 0 Å². The summed E-state index contributed by atoms with van der Waals surface area (Å²) in [6, 6.07) is 3.86. The Morgan fingerprint density at radius 3 is 2.70 bits per heavy atom. The molecule has 3 heteroatoms. The molecule has 0 aromatic heterocycles. The summed E-state index contributed by atoms with van der Waals surface area (Å²) in [5, 5.41) is 9.88. The minimum absolute atomic E-state index is 0.260. The van der Waals surface area contributed by atoms with Crippen molar-refractivity contribution in [3.8, 4) is 11.5 Å². The van der Waals surface area contributed by atoms with Crippen molar-refractivity contribution in [2.75, 3.05) is 20.2 Å². The third-order valence-electron chi connectivity index (χ3n) is 4.17. The molecule has 112 valence electrons. The third-order valence-corrected chi connectivity index (χ3v) is 4.17. The van der Waals surface area contributed by atoms with Gasteiger partial charge in [-0.05, 0) is 42.6 Å². The number of unbranched alkanes of at least 4 members (excludes halogenated alkanes) is 4. The zero-order valence-electron chi connectivity index (χ0n) is 12.8. The van der Waals surface area contributed by atoms with Crippen LogP contribution >= 0.6 is 0 Å². The number of ether oxygens (including phenoxy) is 1. The topological polar surface area (TPSA) is 32.7 Å². The first-order valence-electron chi connectivity index (χ1n) is 7.85. The molecule has 0 bridgehead atoms. The Morgan fingerprint density at radius 1 is 1.15 bits per heavy atom. The van der Waals surface area contributed by atoms with E-state index >= 15 is 0 Å². The van der Waals surface area contributed by atoms with Gasteiger partial charge in [-0.15, -0.1) is 0 Å². The molecule has 3 nitrogen and oxygen atoms in total. The maximum atomic E-state index is 9.88. The lowest BCUT2D eigenvalue weighted by Gasteiger charge is -2.29. The lowest BCUT2D eigenvalue weighted by molar-refractivity contribution is 0.247. The Balaban J connectivity index is 1.86. The van der Waals surface area contributed by atoms with Gasteiger partial charge >= 0.3 is 0 Å².